The third-order valence-corrected chi connectivity index (χ3v) is 2.94. The van der Waals surface area contributed by atoms with Gasteiger partial charge in [-0.15, -0.1) is 24.0 Å². The number of hydrogen-bond donors (Lipinski definition) is 2. The van der Waals surface area contributed by atoms with Crippen molar-refractivity contribution >= 4 is 35.6 Å². The van der Waals surface area contributed by atoms with Gasteiger partial charge in [-0.2, -0.15) is 0 Å². The molecule has 0 saturated carbocycles. The van der Waals surface area contributed by atoms with Gasteiger partial charge in [0.05, 0.1) is 0 Å². The standard InChI is InChI=1S/C12H18N4.HI/c13-12(14)15-8-10-6-7-16(9-10)11-4-2-1-3-5-11;/h1-5,10H,6-9H2,(H4,13,14,15);1H. The third-order valence-electron chi connectivity index (χ3n) is 2.94. The van der Waals surface area contributed by atoms with Crippen molar-refractivity contribution in [3.63, 3.8) is 0 Å². The maximum Gasteiger partial charge on any atom is 0.185 e. The number of rotatable bonds is 3. The van der Waals surface area contributed by atoms with E-state index < -0.39 is 0 Å². The van der Waals surface area contributed by atoms with Gasteiger partial charge in [-0.3, -0.25) is 4.99 Å². The summed E-state index contributed by atoms with van der Waals surface area (Å²) >= 11 is 0. The van der Waals surface area contributed by atoms with Gasteiger partial charge in [0.25, 0.3) is 0 Å². The molecule has 4 nitrogen and oxygen atoms in total. The highest BCUT2D eigenvalue weighted by Gasteiger charge is 2.21. The minimum Gasteiger partial charge on any atom is -0.371 e. The number of halogens is 1. The van der Waals surface area contributed by atoms with E-state index in [4.69, 9.17) is 11.5 Å². The topological polar surface area (TPSA) is 67.6 Å². The number of para-hydroxylation sites is 1. The molecule has 1 unspecified atom stereocenters. The average Bonchev–Trinajstić information content (AvgIpc) is 2.76. The first kappa shape index (κ1) is 14.1. The molecule has 0 amide bonds. The molecule has 0 bridgehead atoms. The Labute approximate surface area is 119 Å². The highest BCUT2D eigenvalue weighted by Crippen LogP contribution is 2.23. The summed E-state index contributed by atoms with van der Waals surface area (Å²) in [7, 11) is 0. The molecule has 1 saturated heterocycles. The Morgan fingerprint density at radius 2 is 2.00 bits per heavy atom. The Morgan fingerprint density at radius 3 is 2.65 bits per heavy atom. The van der Waals surface area contributed by atoms with E-state index in [1.54, 1.807) is 0 Å². The molecule has 1 heterocycles. The number of anilines is 1. The SMILES string of the molecule is I.NC(N)=NCC1CCN(c2ccccc2)C1. The van der Waals surface area contributed by atoms with E-state index >= 15 is 0 Å². The van der Waals surface area contributed by atoms with Crippen LogP contribution in [-0.4, -0.2) is 25.6 Å². The summed E-state index contributed by atoms with van der Waals surface area (Å²) in [6.07, 6.45) is 1.16. The number of benzene rings is 1. The van der Waals surface area contributed by atoms with Gasteiger partial charge in [0.15, 0.2) is 5.96 Å². The quantitative estimate of drug-likeness (QED) is 0.494. The van der Waals surface area contributed by atoms with Gasteiger partial charge in [0.2, 0.25) is 0 Å². The second-order valence-corrected chi connectivity index (χ2v) is 4.20. The highest BCUT2D eigenvalue weighted by atomic mass is 127. The molecule has 5 heteroatoms. The van der Waals surface area contributed by atoms with Crippen LogP contribution in [0.2, 0.25) is 0 Å². The van der Waals surface area contributed by atoms with Crippen LogP contribution in [0, 0.1) is 5.92 Å². The lowest BCUT2D eigenvalue weighted by Gasteiger charge is -2.18. The molecule has 1 atom stereocenters. The van der Waals surface area contributed by atoms with Crippen LogP contribution in [0.3, 0.4) is 0 Å². The Balaban J connectivity index is 0.00000144. The maximum atomic E-state index is 5.33. The Bertz CT molecular complexity index is 362. The van der Waals surface area contributed by atoms with Gasteiger partial charge >= 0.3 is 0 Å². The van der Waals surface area contributed by atoms with Gasteiger partial charge in [-0.1, -0.05) is 18.2 Å². The molecule has 4 N–H and O–H groups in total. The molecule has 0 aliphatic carbocycles. The van der Waals surface area contributed by atoms with Gasteiger partial charge in [-0.25, -0.2) is 0 Å². The van der Waals surface area contributed by atoms with Crippen molar-refractivity contribution in [1.29, 1.82) is 0 Å². The van der Waals surface area contributed by atoms with E-state index in [1.165, 1.54) is 5.69 Å². The summed E-state index contributed by atoms with van der Waals surface area (Å²) in [5, 5.41) is 0. The molecule has 1 aliphatic rings. The molecule has 1 aromatic carbocycles. The third kappa shape index (κ3) is 4.07. The zero-order valence-corrected chi connectivity index (χ0v) is 12.1. The van der Waals surface area contributed by atoms with Crippen LogP contribution in [0.4, 0.5) is 5.69 Å². The molecule has 1 aliphatic heterocycles. The summed E-state index contributed by atoms with van der Waals surface area (Å²) in [5.41, 5.74) is 11.9. The maximum absolute atomic E-state index is 5.33. The minimum absolute atomic E-state index is 0. The summed E-state index contributed by atoms with van der Waals surface area (Å²) < 4.78 is 0. The van der Waals surface area contributed by atoms with E-state index in [2.05, 4.69) is 34.2 Å². The van der Waals surface area contributed by atoms with Gasteiger partial charge in [0, 0.05) is 25.3 Å². The fourth-order valence-electron chi connectivity index (χ4n) is 2.09. The fourth-order valence-corrected chi connectivity index (χ4v) is 2.09. The van der Waals surface area contributed by atoms with Crippen molar-refractivity contribution in [3.8, 4) is 0 Å². The van der Waals surface area contributed by atoms with Crippen LogP contribution in [0.15, 0.2) is 35.3 Å². The smallest absolute Gasteiger partial charge is 0.185 e. The Kier molecular flexibility index (Phi) is 5.54. The van der Waals surface area contributed by atoms with Gasteiger partial charge in [-0.05, 0) is 24.5 Å². The molecule has 2 rings (SSSR count). The molecule has 1 fully saturated rings. The number of nitrogens with two attached hydrogens (primary N) is 2. The average molecular weight is 346 g/mol. The predicted molar refractivity (Wildman–Crippen MR) is 82.9 cm³/mol. The lowest BCUT2D eigenvalue weighted by molar-refractivity contribution is 0.603. The van der Waals surface area contributed by atoms with Crippen LogP contribution >= 0.6 is 24.0 Å². The van der Waals surface area contributed by atoms with Crippen LogP contribution in [-0.2, 0) is 0 Å². The molecule has 0 spiro atoms. The second-order valence-electron chi connectivity index (χ2n) is 4.20. The van der Waals surface area contributed by atoms with Crippen molar-refractivity contribution in [2.75, 3.05) is 24.5 Å². The normalized spacial score (nSPS) is 18.6. The van der Waals surface area contributed by atoms with Crippen LogP contribution in [0.25, 0.3) is 0 Å². The second kappa shape index (κ2) is 6.68. The molecule has 0 aromatic heterocycles. The van der Waals surface area contributed by atoms with Crippen molar-refractivity contribution in [1.82, 2.24) is 0 Å². The summed E-state index contributed by atoms with van der Waals surface area (Å²) in [5.74, 6) is 0.764. The summed E-state index contributed by atoms with van der Waals surface area (Å²) in [6.45, 7) is 2.88. The monoisotopic (exact) mass is 346 g/mol. The first-order valence-electron chi connectivity index (χ1n) is 5.61. The molecular weight excluding hydrogens is 327 g/mol. The largest absolute Gasteiger partial charge is 0.371 e. The minimum atomic E-state index is 0. The number of hydrogen-bond acceptors (Lipinski definition) is 2. The number of guanidine groups is 1. The van der Waals surface area contributed by atoms with Crippen LogP contribution in [0.5, 0.6) is 0 Å². The Hall–Kier alpha value is -0.980. The van der Waals surface area contributed by atoms with Crippen molar-refractivity contribution < 1.29 is 0 Å². The summed E-state index contributed by atoms with van der Waals surface area (Å²) in [6, 6.07) is 10.5. The fraction of sp³-hybridized carbons (Fsp3) is 0.417. The molecule has 94 valence electrons. The van der Waals surface area contributed by atoms with Crippen molar-refractivity contribution in [2.24, 2.45) is 22.4 Å². The van der Waals surface area contributed by atoms with Crippen LogP contribution in [0.1, 0.15) is 6.42 Å². The molecule has 0 radical (unpaired) electrons. The van der Waals surface area contributed by atoms with E-state index in [-0.39, 0.29) is 29.9 Å². The lowest BCUT2D eigenvalue weighted by atomic mass is 10.1. The molecular formula is C12H19IN4. The lowest BCUT2D eigenvalue weighted by Crippen LogP contribution is -2.25. The zero-order chi connectivity index (χ0) is 11.4. The number of aliphatic imine (C=N–C) groups is 1. The van der Waals surface area contributed by atoms with E-state index in [9.17, 15) is 0 Å². The van der Waals surface area contributed by atoms with Crippen molar-refractivity contribution in [3.05, 3.63) is 30.3 Å². The van der Waals surface area contributed by atoms with Gasteiger partial charge in [0.1, 0.15) is 0 Å². The molecule has 17 heavy (non-hydrogen) atoms. The Morgan fingerprint density at radius 1 is 1.29 bits per heavy atom. The first-order chi connectivity index (χ1) is 7.75. The van der Waals surface area contributed by atoms with E-state index in [1.807, 2.05) is 6.07 Å². The zero-order valence-electron chi connectivity index (χ0n) is 9.75. The summed E-state index contributed by atoms with van der Waals surface area (Å²) in [4.78, 5) is 6.46. The number of nitrogens with zero attached hydrogens (tertiary/aromatic N) is 2. The predicted octanol–water partition coefficient (Wildman–Crippen LogP) is 1.40. The first-order valence-corrected chi connectivity index (χ1v) is 5.61. The highest BCUT2D eigenvalue weighted by molar-refractivity contribution is 14.0. The molecule has 1 aromatic rings. The van der Waals surface area contributed by atoms with E-state index in [0.29, 0.717) is 5.92 Å². The van der Waals surface area contributed by atoms with E-state index in [0.717, 1.165) is 26.1 Å². The van der Waals surface area contributed by atoms with Crippen molar-refractivity contribution in [2.45, 2.75) is 6.42 Å². The van der Waals surface area contributed by atoms with Gasteiger partial charge < -0.3 is 16.4 Å². The van der Waals surface area contributed by atoms with Crippen LogP contribution < -0.4 is 16.4 Å².